The van der Waals surface area contributed by atoms with Crippen LogP contribution in [0.15, 0.2) is 42.6 Å². The lowest BCUT2D eigenvalue weighted by Gasteiger charge is -2.26. The second-order valence-corrected chi connectivity index (χ2v) is 11.5. The molecule has 5 nitrogen and oxygen atoms in total. The van der Waals surface area contributed by atoms with Crippen molar-refractivity contribution in [3.05, 3.63) is 59.3 Å². The number of para-hydroxylation sites is 1. The van der Waals surface area contributed by atoms with Crippen LogP contribution in [0.4, 0.5) is 0 Å². The second-order valence-electron chi connectivity index (χ2n) is 11.5. The number of aromatic nitrogens is 2. The number of carbonyl (C=O) groups is 1. The number of piperidine rings is 1. The van der Waals surface area contributed by atoms with E-state index in [2.05, 4.69) is 44.5 Å². The highest BCUT2D eigenvalue weighted by atomic mass is 16.4. The standard InChI is InChI=1S/C32H37N3O2/c36-32(37)23-12-13-26-28(20-23)35-19-18-34-21-24(14-17-33-15-5-2-6-16-33)25-10-7-11-27(30(25)34)31(35)29(26)22-8-3-1-4-9-22/h7,10-13,20-22H,1-6,8-9,14-19H2,(H,36,37). The summed E-state index contributed by atoms with van der Waals surface area (Å²) in [5.74, 6) is -0.310. The molecule has 1 N–H and O–H groups in total. The van der Waals surface area contributed by atoms with E-state index in [0.29, 0.717) is 11.5 Å². The number of carboxylic acid groups (broad SMARTS) is 1. The molecule has 192 valence electrons. The van der Waals surface area contributed by atoms with Crippen LogP contribution in [0.1, 0.15) is 78.8 Å². The first-order valence-electron chi connectivity index (χ1n) is 14.4. The minimum atomic E-state index is -0.850. The fourth-order valence-corrected chi connectivity index (χ4v) is 7.51. The van der Waals surface area contributed by atoms with Gasteiger partial charge in [0.1, 0.15) is 0 Å². The maximum absolute atomic E-state index is 11.9. The van der Waals surface area contributed by atoms with E-state index in [1.807, 2.05) is 6.07 Å². The van der Waals surface area contributed by atoms with Crippen LogP contribution < -0.4 is 0 Å². The van der Waals surface area contributed by atoms with Gasteiger partial charge in [-0.25, -0.2) is 4.79 Å². The quantitative estimate of drug-likeness (QED) is 0.323. The highest BCUT2D eigenvalue weighted by molar-refractivity contribution is 6.03. The van der Waals surface area contributed by atoms with Crippen molar-refractivity contribution < 1.29 is 9.90 Å². The van der Waals surface area contributed by atoms with Crippen molar-refractivity contribution in [2.24, 2.45) is 0 Å². The lowest BCUT2D eigenvalue weighted by Crippen LogP contribution is -2.31. The Morgan fingerprint density at radius 3 is 2.51 bits per heavy atom. The number of likely N-dealkylation sites (tertiary alicyclic amines) is 1. The summed E-state index contributed by atoms with van der Waals surface area (Å²) in [6, 6.07) is 12.7. The normalized spacial score (nSPS) is 18.8. The maximum Gasteiger partial charge on any atom is 0.335 e. The zero-order chi connectivity index (χ0) is 24.9. The first kappa shape index (κ1) is 23.1. The third-order valence-corrected chi connectivity index (χ3v) is 9.31. The molecule has 2 aromatic heterocycles. The predicted octanol–water partition coefficient (Wildman–Crippen LogP) is 7.05. The lowest BCUT2D eigenvalue weighted by atomic mass is 9.81. The number of carboxylic acids is 1. The molecule has 1 aliphatic carbocycles. The summed E-state index contributed by atoms with van der Waals surface area (Å²) in [5.41, 5.74) is 8.44. The van der Waals surface area contributed by atoms with Crippen LogP contribution in [-0.2, 0) is 19.5 Å². The van der Waals surface area contributed by atoms with Crippen LogP contribution in [0, 0.1) is 0 Å². The number of benzene rings is 2. The van der Waals surface area contributed by atoms with Crippen LogP contribution in [0.2, 0.25) is 0 Å². The summed E-state index contributed by atoms with van der Waals surface area (Å²) in [5, 5.41) is 12.4. The van der Waals surface area contributed by atoms with Crippen molar-refractivity contribution in [1.29, 1.82) is 0 Å². The summed E-state index contributed by atoms with van der Waals surface area (Å²) < 4.78 is 4.93. The molecule has 2 aromatic carbocycles. The van der Waals surface area contributed by atoms with Crippen molar-refractivity contribution >= 4 is 27.8 Å². The van der Waals surface area contributed by atoms with Gasteiger partial charge in [0.15, 0.2) is 0 Å². The predicted molar refractivity (Wildman–Crippen MR) is 150 cm³/mol. The lowest BCUT2D eigenvalue weighted by molar-refractivity contribution is 0.0697. The van der Waals surface area contributed by atoms with Gasteiger partial charge in [0.25, 0.3) is 0 Å². The Morgan fingerprint density at radius 2 is 1.70 bits per heavy atom. The van der Waals surface area contributed by atoms with Gasteiger partial charge >= 0.3 is 5.97 Å². The van der Waals surface area contributed by atoms with Crippen molar-refractivity contribution in [3.63, 3.8) is 0 Å². The molecule has 0 spiro atoms. The third-order valence-electron chi connectivity index (χ3n) is 9.31. The molecule has 7 rings (SSSR count). The first-order valence-corrected chi connectivity index (χ1v) is 14.4. The molecule has 37 heavy (non-hydrogen) atoms. The number of fused-ring (bicyclic) bond motifs is 4. The van der Waals surface area contributed by atoms with E-state index < -0.39 is 5.97 Å². The van der Waals surface area contributed by atoms with Crippen molar-refractivity contribution in [2.45, 2.75) is 76.8 Å². The molecule has 1 saturated carbocycles. The van der Waals surface area contributed by atoms with Gasteiger partial charge in [0, 0.05) is 47.7 Å². The fourth-order valence-electron chi connectivity index (χ4n) is 7.51. The monoisotopic (exact) mass is 495 g/mol. The summed E-state index contributed by atoms with van der Waals surface area (Å²) in [6.07, 6.45) is 13.9. The van der Waals surface area contributed by atoms with Crippen LogP contribution in [-0.4, -0.2) is 44.7 Å². The zero-order valence-corrected chi connectivity index (χ0v) is 21.7. The van der Waals surface area contributed by atoms with Gasteiger partial charge < -0.3 is 19.1 Å². The van der Waals surface area contributed by atoms with Gasteiger partial charge in [0.2, 0.25) is 0 Å². The molecule has 5 heteroatoms. The molecule has 4 heterocycles. The van der Waals surface area contributed by atoms with E-state index in [-0.39, 0.29) is 0 Å². The average molecular weight is 496 g/mol. The number of nitrogens with zero attached hydrogens (tertiary/aromatic N) is 3. The van der Waals surface area contributed by atoms with Crippen LogP contribution >= 0.6 is 0 Å². The van der Waals surface area contributed by atoms with Crippen molar-refractivity contribution in [2.75, 3.05) is 19.6 Å². The van der Waals surface area contributed by atoms with Gasteiger partial charge in [0.05, 0.1) is 16.8 Å². The average Bonchev–Trinajstić information content (AvgIpc) is 3.41. The topological polar surface area (TPSA) is 50.4 Å². The molecular formula is C32H37N3O2. The molecule has 4 aromatic rings. The molecule has 2 aliphatic heterocycles. The minimum Gasteiger partial charge on any atom is -0.478 e. The first-order chi connectivity index (χ1) is 18.2. The zero-order valence-electron chi connectivity index (χ0n) is 21.7. The van der Waals surface area contributed by atoms with Gasteiger partial charge in [-0.15, -0.1) is 0 Å². The Hall–Kier alpha value is -3.05. The number of hydrogen-bond acceptors (Lipinski definition) is 2. The third kappa shape index (κ3) is 3.90. The number of hydrogen-bond donors (Lipinski definition) is 1. The number of rotatable bonds is 5. The molecule has 0 unspecified atom stereocenters. The Morgan fingerprint density at radius 1 is 0.892 bits per heavy atom. The maximum atomic E-state index is 11.9. The fraction of sp³-hybridized carbons (Fsp3) is 0.469. The van der Waals surface area contributed by atoms with Gasteiger partial charge in [-0.2, -0.15) is 0 Å². The molecule has 0 atom stereocenters. The van der Waals surface area contributed by atoms with Crippen molar-refractivity contribution in [3.8, 4) is 11.3 Å². The van der Waals surface area contributed by atoms with E-state index in [1.165, 1.54) is 103 Å². The van der Waals surface area contributed by atoms with Crippen LogP contribution in [0.25, 0.3) is 33.1 Å². The van der Waals surface area contributed by atoms with Gasteiger partial charge in [-0.05, 0) is 74.4 Å². The van der Waals surface area contributed by atoms with E-state index in [4.69, 9.17) is 0 Å². The second kappa shape index (κ2) is 9.36. The Balaban J connectivity index is 1.39. The van der Waals surface area contributed by atoms with E-state index in [1.54, 1.807) is 6.07 Å². The van der Waals surface area contributed by atoms with Crippen LogP contribution in [0.5, 0.6) is 0 Å². The minimum absolute atomic E-state index is 0.380. The van der Waals surface area contributed by atoms with E-state index in [0.717, 1.165) is 31.6 Å². The van der Waals surface area contributed by atoms with Crippen molar-refractivity contribution in [1.82, 2.24) is 14.0 Å². The molecule has 2 fully saturated rings. The number of aryl methyl sites for hydroxylation is 2. The summed E-state index contributed by atoms with van der Waals surface area (Å²) >= 11 is 0. The van der Waals surface area contributed by atoms with Crippen LogP contribution in [0.3, 0.4) is 0 Å². The largest absolute Gasteiger partial charge is 0.478 e. The summed E-state index contributed by atoms with van der Waals surface area (Å²) in [6.45, 7) is 5.41. The SMILES string of the molecule is O=C(O)c1ccc2c(C3CCCCC3)c3n(c2c1)CCn1cc(CCN2CCCCC2)c2cccc-3c21. The molecule has 1 saturated heterocycles. The molecule has 3 aliphatic rings. The van der Waals surface area contributed by atoms with Gasteiger partial charge in [-0.1, -0.05) is 49.9 Å². The molecule has 0 radical (unpaired) electrons. The smallest absolute Gasteiger partial charge is 0.335 e. The Bertz CT molecular complexity index is 1480. The van der Waals surface area contributed by atoms with E-state index >= 15 is 0 Å². The number of aromatic carboxylic acids is 1. The van der Waals surface area contributed by atoms with Gasteiger partial charge in [-0.3, -0.25) is 0 Å². The summed E-state index contributed by atoms with van der Waals surface area (Å²) in [7, 11) is 0. The Kier molecular flexibility index (Phi) is 5.84. The highest BCUT2D eigenvalue weighted by Crippen LogP contribution is 2.47. The Labute approximate surface area is 218 Å². The molecular weight excluding hydrogens is 458 g/mol. The molecule has 0 bridgehead atoms. The summed E-state index contributed by atoms with van der Waals surface area (Å²) in [4.78, 5) is 14.5. The molecule has 0 amide bonds. The highest BCUT2D eigenvalue weighted by Gasteiger charge is 2.30. The van der Waals surface area contributed by atoms with E-state index in [9.17, 15) is 9.90 Å².